The van der Waals surface area contributed by atoms with Crippen molar-refractivity contribution in [3.63, 3.8) is 0 Å². The first kappa shape index (κ1) is 13.9. The van der Waals surface area contributed by atoms with E-state index < -0.39 is 5.92 Å². The van der Waals surface area contributed by atoms with Gasteiger partial charge >= 0.3 is 0 Å². The minimum absolute atomic E-state index is 0.0777. The van der Waals surface area contributed by atoms with E-state index in [1.165, 1.54) is 0 Å². The Morgan fingerprint density at radius 3 is 2.70 bits per heavy atom. The van der Waals surface area contributed by atoms with Crippen LogP contribution in [-0.2, 0) is 5.92 Å². The van der Waals surface area contributed by atoms with Gasteiger partial charge in [-0.3, -0.25) is 0 Å². The van der Waals surface area contributed by atoms with Crippen molar-refractivity contribution in [2.75, 3.05) is 18.8 Å². The van der Waals surface area contributed by atoms with Crippen LogP contribution in [0.5, 0.6) is 0 Å². The maximum atomic E-state index is 13.3. The molecule has 0 aromatic heterocycles. The molecule has 2 heterocycles. The van der Waals surface area contributed by atoms with Gasteiger partial charge < -0.3 is 4.90 Å². The fraction of sp³-hybridized carbons (Fsp3) is 0.533. The van der Waals surface area contributed by atoms with Crippen LogP contribution in [0.2, 0.25) is 0 Å². The minimum Gasteiger partial charge on any atom is -0.358 e. The lowest BCUT2D eigenvalue weighted by Gasteiger charge is -2.37. The summed E-state index contributed by atoms with van der Waals surface area (Å²) in [5, 5.41) is 0. The first-order valence-corrected chi connectivity index (χ1v) is 7.93. The van der Waals surface area contributed by atoms with Crippen molar-refractivity contribution in [2.45, 2.75) is 31.6 Å². The molecule has 1 aromatic carbocycles. The third-order valence-corrected chi connectivity index (χ3v) is 4.67. The molecule has 0 spiro atoms. The molecule has 0 bridgehead atoms. The number of nitrogens with zero attached hydrogens (tertiary/aromatic N) is 2. The van der Waals surface area contributed by atoms with Crippen LogP contribution in [0.4, 0.5) is 8.78 Å². The average molecular weight is 296 g/mol. The van der Waals surface area contributed by atoms with Crippen molar-refractivity contribution < 1.29 is 8.78 Å². The molecule has 20 heavy (non-hydrogen) atoms. The van der Waals surface area contributed by atoms with Crippen LogP contribution in [0.3, 0.4) is 0 Å². The van der Waals surface area contributed by atoms with Crippen molar-refractivity contribution in [2.24, 2.45) is 4.40 Å². The Morgan fingerprint density at radius 1 is 1.25 bits per heavy atom. The number of alkyl halides is 2. The van der Waals surface area contributed by atoms with Gasteiger partial charge in [0.2, 0.25) is 0 Å². The van der Waals surface area contributed by atoms with E-state index >= 15 is 0 Å². The molecular weight excluding hydrogens is 278 g/mol. The lowest BCUT2D eigenvalue weighted by atomic mass is 9.88. The first-order valence-electron chi connectivity index (χ1n) is 6.99. The van der Waals surface area contributed by atoms with E-state index in [-0.39, 0.29) is 11.5 Å². The maximum Gasteiger partial charge on any atom is 0.270 e. The molecule has 2 aliphatic rings. The van der Waals surface area contributed by atoms with Gasteiger partial charge in [0.1, 0.15) is 5.84 Å². The zero-order valence-electron chi connectivity index (χ0n) is 11.5. The van der Waals surface area contributed by atoms with Crippen molar-refractivity contribution in [3.05, 3.63) is 35.4 Å². The number of hydrogen-bond acceptors (Lipinski definition) is 3. The van der Waals surface area contributed by atoms with Gasteiger partial charge in [-0.2, -0.15) is 0 Å². The normalized spacial score (nSPS) is 23.2. The SMILES string of the molecule is CC(F)(F)c1ccc(C2CCCN3CCSN=C23)cc1. The Hall–Kier alpha value is -1.10. The van der Waals surface area contributed by atoms with Crippen LogP contribution in [0.15, 0.2) is 28.7 Å². The molecule has 0 amide bonds. The van der Waals surface area contributed by atoms with Gasteiger partial charge in [0.05, 0.1) is 0 Å². The molecule has 5 heteroatoms. The predicted octanol–water partition coefficient (Wildman–Crippen LogP) is 4.04. The lowest BCUT2D eigenvalue weighted by Crippen LogP contribution is -2.42. The van der Waals surface area contributed by atoms with Crippen LogP contribution < -0.4 is 0 Å². The fourth-order valence-electron chi connectivity index (χ4n) is 2.88. The van der Waals surface area contributed by atoms with Gasteiger partial charge in [-0.1, -0.05) is 24.3 Å². The summed E-state index contributed by atoms with van der Waals surface area (Å²) < 4.78 is 31.1. The Balaban J connectivity index is 1.86. The Bertz CT molecular complexity index is 508. The van der Waals surface area contributed by atoms with E-state index in [1.54, 1.807) is 24.1 Å². The van der Waals surface area contributed by atoms with E-state index in [2.05, 4.69) is 9.30 Å². The molecule has 1 unspecified atom stereocenters. The second-order valence-electron chi connectivity index (χ2n) is 5.47. The van der Waals surface area contributed by atoms with Gasteiger partial charge in [-0.25, -0.2) is 13.2 Å². The predicted molar refractivity (Wildman–Crippen MR) is 79.5 cm³/mol. The van der Waals surface area contributed by atoms with Crippen LogP contribution in [0.1, 0.15) is 36.8 Å². The van der Waals surface area contributed by atoms with Crippen LogP contribution in [-0.4, -0.2) is 29.6 Å². The highest BCUT2D eigenvalue weighted by molar-refractivity contribution is 7.98. The molecule has 0 N–H and O–H groups in total. The van der Waals surface area contributed by atoms with Crippen molar-refractivity contribution in [3.8, 4) is 0 Å². The van der Waals surface area contributed by atoms with E-state index in [4.69, 9.17) is 0 Å². The Morgan fingerprint density at radius 2 is 2.00 bits per heavy atom. The van der Waals surface area contributed by atoms with Crippen LogP contribution in [0, 0.1) is 0 Å². The number of halogens is 2. The largest absolute Gasteiger partial charge is 0.358 e. The number of piperidine rings is 1. The summed E-state index contributed by atoms with van der Waals surface area (Å²) >= 11 is 1.61. The van der Waals surface area contributed by atoms with Gasteiger partial charge in [0, 0.05) is 37.2 Å². The first-order chi connectivity index (χ1) is 9.55. The molecule has 1 aromatic rings. The number of hydrogen-bond donors (Lipinski definition) is 0. The molecule has 3 rings (SSSR count). The molecule has 2 nitrogen and oxygen atoms in total. The molecule has 2 aliphatic heterocycles. The van der Waals surface area contributed by atoms with Gasteiger partial charge in [-0.15, -0.1) is 0 Å². The van der Waals surface area contributed by atoms with Crippen LogP contribution in [0.25, 0.3) is 0 Å². The summed E-state index contributed by atoms with van der Waals surface area (Å²) in [6, 6.07) is 6.76. The summed E-state index contributed by atoms with van der Waals surface area (Å²) in [4.78, 5) is 2.34. The second-order valence-corrected chi connectivity index (χ2v) is 6.32. The van der Waals surface area contributed by atoms with Crippen LogP contribution >= 0.6 is 11.9 Å². The summed E-state index contributed by atoms with van der Waals surface area (Å²) in [6.45, 7) is 3.05. The Labute approximate surface area is 122 Å². The van der Waals surface area contributed by atoms with E-state index in [0.29, 0.717) is 0 Å². The monoisotopic (exact) mass is 296 g/mol. The number of benzene rings is 1. The fourth-order valence-corrected chi connectivity index (χ4v) is 3.65. The summed E-state index contributed by atoms with van der Waals surface area (Å²) in [7, 11) is 0. The molecule has 108 valence electrons. The zero-order chi connectivity index (χ0) is 14.2. The third kappa shape index (κ3) is 2.68. The average Bonchev–Trinajstić information content (AvgIpc) is 2.46. The number of rotatable bonds is 2. The number of fused-ring (bicyclic) bond motifs is 1. The van der Waals surface area contributed by atoms with Crippen molar-refractivity contribution >= 4 is 17.8 Å². The zero-order valence-corrected chi connectivity index (χ0v) is 12.3. The highest BCUT2D eigenvalue weighted by Crippen LogP contribution is 2.34. The molecule has 1 saturated heterocycles. The Kier molecular flexibility index (Phi) is 3.71. The standard InChI is InChI=1S/C15H18F2N2S/c1-15(16,17)12-6-4-11(5-7-12)13-3-2-8-19-9-10-20-18-14(13)19/h4-7,13H,2-3,8-10H2,1H3. The third-order valence-electron chi connectivity index (χ3n) is 3.99. The van der Waals surface area contributed by atoms with Gasteiger partial charge in [-0.05, 0) is 30.4 Å². The lowest BCUT2D eigenvalue weighted by molar-refractivity contribution is 0.0174. The molecule has 0 radical (unpaired) electrons. The quantitative estimate of drug-likeness (QED) is 0.766. The minimum atomic E-state index is -2.77. The topological polar surface area (TPSA) is 15.6 Å². The van der Waals surface area contributed by atoms with Crippen molar-refractivity contribution in [1.29, 1.82) is 0 Å². The maximum absolute atomic E-state index is 13.3. The summed E-state index contributed by atoms with van der Waals surface area (Å²) in [5.41, 5.74) is 1.18. The molecule has 0 saturated carbocycles. The smallest absolute Gasteiger partial charge is 0.270 e. The second kappa shape index (κ2) is 5.35. The highest BCUT2D eigenvalue weighted by atomic mass is 32.2. The van der Waals surface area contributed by atoms with E-state index in [0.717, 1.165) is 50.0 Å². The van der Waals surface area contributed by atoms with Crippen molar-refractivity contribution in [1.82, 2.24) is 4.90 Å². The molecule has 1 atom stereocenters. The number of amidine groups is 1. The molecular formula is C15H18F2N2S. The van der Waals surface area contributed by atoms with E-state index in [9.17, 15) is 8.78 Å². The summed E-state index contributed by atoms with van der Waals surface area (Å²) in [6.07, 6.45) is 2.19. The summed E-state index contributed by atoms with van der Waals surface area (Å²) in [5.74, 6) is -0.341. The van der Waals surface area contributed by atoms with Gasteiger partial charge in [0.15, 0.2) is 0 Å². The van der Waals surface area contributed by atoms with Gasteiger partial charge in [0.25, 0.3) is 5.92 Å². The molecule has 0 aliphatic carbocycles. The molecule has 1 fully saturated rings. The highest BCUT2D eigenvalue weighted by Gasteiger charge is 2.30. The van der Waals surface area contributed by atoms with E-state index in [1.807, 2.05) is 12.1 Å².